The Hall–Kier alpha value is -2.58. The Balaban J connectivity index is 2.09. The highest BCUT2D eigenvalue weighted by molar-refractivity contribution is 5.78. The van der Waals surface area contributed by atoms with Crippen LogP contribution in [0.25, 0.3) is 0 Å². The van der Waals surface area contributed by atoms with E-state index in [4.69, 9.17) is 0 Å². The lowest BCUT2D eigenvalue weighted by molar-refractivity contribution is 0.125. The zero-order valence-corrected chi connectivity index (χ0v) is 12.4. The smallest absolute Gasteiger partial charge is 0.144 e. The van der Waals surface area contributed by atoms with E-state index in [0.29, 0.717) is 0 Å². The average Bonchev–Trinajstić information content (AvgIpc) is 2.60. The molecule has 0 fully saturated rings. The van der Waals surface area contributed by atoms with Crippen LogP contribution in [0.3, 0.4) is 0 Å². The van der Waals surface area contributed by atoms with Crippen LogP contribution in [0.5, 0.6) is 0 Å². The van der Waals surface area contributed by atoms with Crippen molar-refractivity contribution in [3.8, 4) is 0 Å². The van der Waals surface area contributed by atoms with Gasteiger partial charge in [-0.1, -0.05) is 66.7 Å². The molecule has 0 saturated carbocycles. The van der Waals surface area contributed by atoms with Gasteiger partial charge in [0.25, 0.3) is 0 Å². The molecule has 3 aromatic carbocycles. The van der Waals surface area contributed by atoms with E-state index in [1.807, 2.05) is 73.8 Å². The Kier molecular flexibility index (Phi) is 2.81. The summed E-state index contributed by atoms with van der Waals surface area (Å²) in [6, 6.07) is 26.0. The van der Waals surface area contributed by atoms with Crippen LogP contribution in [0, 0.1) is 0 Å². The SMILES string of the molecule is CN1c2ccccc2C(O)(c2ccccc2)c2ccccc21. The van der Waals surface area contributed by atoms with Crippen molar-refractivity contribution in [2.24, 2.45) is 0 Å². The number of benzene rings is 3. The molecule has 108 valence electrons. The lowest BCUT2D eigenvalue weighted by Gasteiger charge is -2.41. The van der Waals surface area contributed by atoms with Crippen LogP contribution in [-0.4, -0.2) is 12.2 Å². The van der Waals surface area contributed by atoms with E-state index >= 15 is 0 Å². The second-order valence-electron chi connectivity index (χ2n) is 5.67. The van der Waals surface area contributed by atoms with Gasteiger partial charge in [0.15, 0.2) is 0 Å². The van der Waals surface area contributed by atoms with Crippen LogP contribution >= 0.6 is 0 Å². The van der Waals surface area contributed by atoms with Gasteiger partial charge < -0.3 is 10.0 Å². The number of hydrogen-bond donors (Lipinski definition) is 1. The maximum Gasteiger partial charge on any atom is 0.144 e. The zero-order valence-electron chi connectivity index (χ0n) is 12.4. The van der Waals surface area contributed by atoms with E-state index in [-0.39, 0.29) is 0 Å². The van der Waals surface area contributed by atoms with Gasteiger partial charge in [0, 0.05) is 29.5 Å². The molecule has 0 aliphatic carbocycles. The molecular weight excluding hydrogens is 270 g/mol. The van der Waals surface area contributed by atoms with E-state index < -0.39 is 5.60 Å². The van der Waals surface area contributed by atoms with Gasteiger partial charge in [0.05, 0.1) is 0 Å². The van der Waals surface area contributed by atoms with Crippen LogP contribution in [0.15, 0.2) is 78.9 Å². The number of anilines is 2. The van der Waals surface area contributed by atoms with Crippen molar-refractivity contribution in [1.82, 2.24) is 0 Å². The van der Waals surface area contributed by atoms with Crippen LogP contribution < -0.4 is 4.90 Å². The van der Waals surface area contributed by atoms with Gasteiger partial charge in [-0.15, -0.1) is 0 Å². The van der Waals surface area contributed by atoms with Gasteiger partial charge in [-0.25, -0.2) is 0 Å². The third-order valence-corrected chi connectivity index (χ3v) is 4.50. The molecule has 3 aromatic rings. The molecule has 2 heteroatoms. The van der Waals surface area contributed by atoms with Crippen LogP contribution in [0.4, 0.5) is 11.4 Å². The van der Waals surface area contributed by atoms with E-state index in [0.717, 1.165) is 28.1 Å². The molecule has 0 saturated heterocycles. The van der Waals surface area contributed by atoms with E-state index in [1.54, 1.807) is 0 Å². The maximum absolute atomic E-state index is 11.7. The number of nitrogens with zero attached hydrogens (tertiary/aromatic N) is 1. The number of para-hydroxylation sites is 2. The minimum absolute atomic E-state index is 0.892. The van der Waals surface area contributed by atoms with Crippen molar-refractivity contribution < 1.29 is 5.11 Å². The van der Waals surface area contributed by atoms with Crippen molar-refractivity contribution >= 4 is 11.4 Å². The quantitative estimate of drug-likeness (QED) is 0.730. The fourth-order valence-electron chi connectivity index (χ4n) is 3.41. The van der Waals surface area contributed by atoms with Crippen molar-refractivity contribution in [3.63, 3.8) is 0 Å². The largest absolute Gasteiger partial charge is 0.376 e. The number of fused-ring (bicyclic) bond motifs is 2. The molecule has 0 atom stereocenters. The number of aliphatic hydroxyl groups is 1. The highest BCUT2D eigenvalue weighted by Crippen LogP contribution is 2.49. The molecule has 0 radical (unpaired) electrons. The first-order valence-corrected chi connectivity index (χ1v) is 7.43. The number of rotatable bonds is 1. The molecular formula is C20H17NO. The second kappa shape index (κ2) is 4.72. The van der Waals surface area contributed by atoms with E-state index in [2.05, 4.69) is 17.0 Å². The Labute approximate surface area is 130 Å². The van der Waals surface area contributed by atoms with Gasteiger partial charge in [-0.05, 0) is 17.7 Å². The molecule has 1 heterocycles. The summed E-state index contributed by atoms with van der Waals surface area (Å²) in [5.74, 6) is 0. The predicted molar refractivity (Wildman–Crippen MR) is 89.5 cm³/mol. The predicted octanol–water partition coefficient (Wildman–Crippen LogP) is 4.05. The standard InChI is InChI=1S/C20H17NO/c1-21-18-13-7-5-11-16(18)20(22,15-9-3-2-4-10-15)17-12-6-8-14-19(17)21/h2-14,22H,1H3. The molecule has 1 aliphatic rings. The molecule has 4 rings (SSSR count). The Bertz CT molecular complexity index is 778. The van der Waals surface area contributed by atoms with Crippen LogP contribution in [-0.2, 0) is 5.60 Å². The first-order valence-electron chi connectivity index (χ1n) is 7.43. The molecule has 0 unspecified atom stereocenters. The molecule has 1 N–H and O–H groups in total. The fraction of sp³-hybridized carbons (Fsp3) is 0.100. The summed E-state index contributed by atoms with van der Waals surface area (Å²) in [5.41, 5.74) is 3.67. The minimum atomic E-state index is -1.12. The van der Waals surface area contributed by atoms with Crippen molar-refractivity contribution in [1.29, 1.82) is 0 Å². The van der Waals surface area contributed by atoms with Crippen LogP contribution in [0.2, 0.25) is 0 Å². The lowest BCUT2D eigenvalue weighted by atomic mass is 9.76. The van der Waals surface area contributed by atoms with Crippen molar-refractivity contribution in [2.75, 3.05) is 11.9 Å². The highest BCUT2D eigenvalue weighted by atomic mass is 16.3. The Morgan fingerprint density at radius 2 is 1.14 bits per heavy atom. The van der Waals surface area contributed by atoms with E-state index in [1.165, 1.54) is 0 Å². The first-order chi connectivity index (χ1) is 10.7. The van der Waals surface area contributed by atoms with Crippen LogP contribution in [0.1, 0.15) is 16.7 Å². The van der Waals surface area contributed by atoms with E-state index in [9.17, 15) is 5.11 Å². The van der Waals surface area contributed by atoms with Gasteiger partial charge >= 0.3 is 0 Å². The Morgan fingerprint density at radius 1 is 0.682 bits per heavy atom. The van der Waals surface area contributed by atoms with Gasteiger partial charge in [0.1, 0.15) is 5.60 Å². The Morgan fingerprint density at radius 3 is 1.68 bits per heavy atom. The normalized spacial score (nSPS) is 15.1. The minimum Gasteiger partial charge on any atom is -0.376 e. The lowest BCUT2D eigenvalue weighted by Crippen LogP contribution is -2.36. The highest BCUT2D eigenvalue weighted by Gasteiger charge is 2.41. The molecule has 22 heavy (non-hydrogen) atoms. The summed E-state index contributed by atoms with van der Waals surface area (Å²) in [4.78, 5) is 2.14. The van der Waals surface area contributed by atoms with Gasteiger partial charge in [-0.2, -0.15) is 0 Å². The second-order valence-corrected chi connectivity index (χ2v) is 5.67. The average molecular weight is 287 g/mol. The summed E-state index contributed by atoms with van der Waals surface area (Å²) in [7, 11) is 2.04. The third-order valence-electron chi connectivity index (χ3n) is 4.50. The molecule has 0 amide bonds. The van der Waals surface area contributed by atoms with Crippen molar-refractivity contribution in [3.05, 3.63) is 95.6 Å². The van der Waals surface area contributed by atoms with Gasteiger partial charge in [-0.3, -0.25) is 0 Å². The number of hydrogen-bond acceptors (Lipinski definition) is 2. The summed E-state index contributed by atoms with van der Waals surface area (Å²) in [5, 5.41) is 11.7. The fourth-order valence-corrected chi connectivity index (χ4v) is 3.41. The molecule has 0 aromatic heterocycles. The van der Waals surface area contributed by atoms with Gasteiger partial charge in [0.2, 0.25) is 0 Å². The molecule has 0 spiro atoms. The zero-order chi connectivity index (χ0) is 15.2. The first kappa shape index (κ1) is 13.1. The van der Waals surface area contributed by atoms with Crippen molar-refractivity contribution in [2.45, 2.75) is 5.60 Å². The monoisotopic (exact) mass is 287 g/mol. The summed E-state index contributed by atoms with van der Waals surface area (Å²) < 4.78 is 0. The summed E-state index contributed by atoms with van der Waals surface area (Å²) >= 11 is 0. The summed E-state index contributed by atoms with van der Waals surface area (Å²) in [6.07, 6.45) is 0. The third kappa shape index (κ3) is 1.65. The topological polar surface area (TPSA) is 23.5 Å². The maximum atomic E-state index is 11.7. The summed E-state index contributed by atoms with van der Waals surface area (Å²) in [6.45, 7) is 0. The molecule has 1 aliphatic heterocycles. The molecule has 0 bridgehead atoms. The molecule has 2 nitrogen and oxygen atoms in total.